The van der Waals surface area contributed by atoms with Crippen LogP contribution in [0.5, 0.6) is 0 Å². The predicted octanol–water partition coefficient (Wildman–Crippen LogP) is 3.00. The molecule has 0 aliphatic heterocycles. The summed E-state index contributed by atoms with van der Waals surface area (Å²) in [6.45, 7) is -0.145. The largest absolute Gasteiger partial charge is 0.481 e. The molecule has 0 spiro atoms. The molecule has 3 aromatic rings. The lowest BCUT2D eigenvalue weighted by Gasteiger charge is -2.26. The number of aliphatic carboxylic acids is 1. The van der Waals surface area contributed by atoms with Crippen molar-refractivity contribution in [3.8, 4) is 0 Å². The topological polar surface area (TPSA) is 106 Å². The molecular weight excluding hydrogens is 428 g/mol. The van der Waals surface area contributed by atoms with Crippen LogP contribution in [-0.2, 0) is 16.1 Å². The lowest BCUT2D eigenvalue weighted by Crippen LogP contribution is -2.42. The standard InChI is InChI=1S/C20H21ClN4O4S/c21-16-8-13-15(30-16)7-14-19(27)24(23-18(25(13)14)10-1-2-10)9-17(26)22-12-5-3-11(4-6-12)20(28)29/h7-8,10-12H,1-6,9H2,(H,22,26)(H,28,29). The molecule has 8 nitrogen and oxygen atoms in total. The van der Waals surface area contributed by atoms with Gasteiger partial charge in [0.1, 0.15) is 17.9 Å². The quantitative estimate of drug-likeness (QED) is 0.624. The fourth-order valence-electron chi connectivity index (χ4n) is 4.32. The van der Waals surface area contributed by atoms with E-state index in [0.29, 0.717) is 35.5 Å². The van der Waals surface area contributed by atoms with Crippen molar-refractivity contribution in [3.63, 3.8) is 0 Å². The number of hydrogen-bond donors (Lipinski definition) is 2. The molecule has 2 saturated carbocycles. The number of carbonyl (C=O) groups is 2. The average molecular weight is 449 g/mol. The van der Waals surface area contributed by atoms with Gasteiger partial charge in [0.25, 0.3) is 5.56 Å². The Labute approximate surface area is 180 Å². The smallest absolute Gasteiger partial charge is 0.306 e. The number of thiophene rings is 1. The van der Waals surface area contributed by atoms with Crippen molar-refractivity contribution in [2.75, 3.05) is 0 Å². The maximum absolute atomic E-state index is 13.0. The fourth-order valence-corrected chi connectivity index (χ4v) is 5.48. The number of carboxylic acid groups (broad SMARTS) is 1. The first-order valence-corrected chi connectivity index (χ1v) is 11.3. The van der Waals surface area contributed by atoms with Gasteiger partial charge >= 0.3 is 5.97 Å². The van der Waals surface area contributed by atoms with E-state index >= 15 is 0 Å². The van der Waals surface area contributed by atoms with Gasteiger partial charge in [-0.05, 0) is 50.7 Å². The lowest BCUT2D eigenvalue weighted by atomic mass is 9.86. The Kier molecular flexibility index (Phi) is 4.82. The third kappa shape index (κ3) is 3.50. The van der Waals surface area contributed by atoms with Crippen LogP contribution in [0.3, 0.4) is 0 Å². The first-order chi connectivity index (χ1) is 14.4. The predicted molar refractivity (Wildman–Crippen MR) is 113 cm³/mol. The molecule has 2 N–H and O–H groups in total. The Morgan fingerprint density at radius 2 is 1.90 bits per heavy atom. The van der Waals surface area contributed by atoms with E-state index in [1.54, 1.807) is 0 Å². The number of nitrogens with one attached hydrogen (secondary N) is 1. The van der Waals surface area contributed by atoms with Gasteiger partial charge in [0.15, 0.2) is 0 Å². The number of carbonyl (C=O) groups excluding carboxylic acids is 1. The van der Waals surface area contributed by atoms with Gasteiger partial charge < -0.3 is 10.4 Å². The molecular formula is C20H21ClN4O4S. The number of amides is 1. The van der Waals surface area contributed by atoms with Crippen LogP contribution in [-0.4, -0.2) is 37.2 Å². The molecule has 2 aliphatic rings. The second kappa shape index (κ2) is 7.39. The highest BCUT2D eigenvalue weighted by molar-refractivity contribution is 7.22. The first kappa shape index (κ1) is 19.6. The summed E-state index contributed by atoms with van der Waals surface area (Å²) < 4.78 is 4.74. The van der Waals surface area contributed by atoms with Crippen molar-refractivity contribution in [2.45, 2.75) is 57.0 Å². The van der Waals surface area contributed by atoms with Crippen LogP contribution in [0.2, 0.25) is 4.34 Å². The summed E-state index contributed by atoms with van der Waals surface area (Å²) >= 11 is 7.57. The van der Waals surface area contributed by atoms with Gasteiger partial charge in [-0.25, -0.2) is 4.68 Å². The zero-order valence-electron chi connectivity index (χ0n) is 16.1. The molecule has 30 heavy (non-hydrogen) atoms. The van der Waals surface area contributed by atoms with E-state index in [-0.39, 0.29) is 35.9 Å². The highest BCUT2D eigenvalue weighted by Crippen LogP contribution is 2.41. The van der Waals surface area contributed by atoms with Crippen molar-refractivity contribution in [1.82, 2.24) is 19.5 Å². The van der Waals surface area contributed by atoms with Crippen molar-refractivity contribution in [1.29, 1.82) is 0 Å². The van der Waals surface area contributed by atoms with E-state index in [2.05, 4.69) is 10.4 Å². The van der Waals surface area contributed by atoms with Crippen LogP contribution in [0, 0.1) is 5.92 Å². The second-order valence-electron chi connectivity index (χ2n) is 8.21. The van der Waals surface area contributed by atoms with Gasteiger partial charge in [-0.1, -0.05) is 11.6 Å². The Morgan fingerprint density at radius 1 is 1.17 bits per heavy atom. The van der Waals surface area contributed by atoms with Gasteiger partial charge in [0, 0.05) is 12.0 Å². The van der Waals surface area contributed by atoms with Crippen molar-refractivity contribution in [3.05, 3.63) is 32.6 Å². The Balaban J connectivity index is 1.39. The van der Waals surface area contributed by atoms with Crippen LogP contribution >= 0.6 is 22.9 Å². The molecule has 3 heterocycles. The zero-order chi connectivity index (χ0) is 21.0. The van der Waals surface area contributed by atoms with E-state index in [0.717, 1.165) is 28.9 Å². The van der Waals surface area contributed by atoms with Crippen molar-refractivity contribution >= 4 is 50.5 Å². The number of nitrogens with zero attached hydrogens (tertiary/aromatic N) is 3. The average Bonchev–Trinajstić information content (AvgIpc) is 3.40. The molecule has 1 amide bonds. The number of aromatic nitrogens is 3. The first-order valence-electron chi connectivity index (χ1n) is 10.1. The fraction of sp³-hybridized carbons (Fsp3) is 0.500. The van der Waals surface area contributed by atoms with Crippen LogP contribution in [0.4, 0.5) is 0 Å². The Bertz CT molecular complexity index is 1220. The number of rotatable bonds is 5. The number of fused-ring (bicyclic) bond motifs is 3. The van der Waals surface area contributed by atoms with Gasteiger partial charge in [0.05, 0.1) is 20.5 Å². The molecule has 0 saturated heterocycles. The van der Waals surface area contributed by atoms with Gasteiger partial charge in [-0.2, -0.15) is 5.10 Å². The van der Waals surface area contributed by atoms with E-state index in [1.807, 2.05) is 16.5 Å². The van der Waals surface area contributed by atoms with Crippen LogP contribution in [0.25, 0.3) is 15.7 Å². The van der Waals surface area contributed by atoms with Gasteiger partial charge in [0.2, 0.25) is 5.91 Å². The minimum absolute atomic E-state index is 0.0591. The van der Waals surface area contributed by atoms with Crippen LogP contribution in [0.15, 0.2) is 16.9 Å². The normalized spacial score (nSPS) is 21.9. The summed E-state index contributed by atoms with van der Waals surface area (Å²) in [6.07, 6.45) is 4.40. The minimum atomic E-state index is -0.773. The summed E-state index contributed by atoms with van der Waals surface area (Å²) in [5.74, 6) is -0.301. The molecule has 10 heteroatoms. The third-order valence-corrected chi connectivity index (χ3v) is 7.24. The number of halogens is 1. The summed E-state index contributed by atoms with van der Waals surface area (Å²) in [5, 5.41) is 16.6. The molecule has 158 valence electrons. The van der Waals surface area contributed by atoms with E-state index < -0.39 is 5.97 Å². The molecule has 0 unspecified atom stereocenters. The van der Waals surface area contributed by atoms with E-state index in [4.69, 9.17) is 16.7 Å². The molecule has 0 atom stereocenters. The summed E-state index contributed by atoms with van der Waals surface area (Å²) in [4.78, 5) is 36.7. The SMILES string of the molecule is O=C(Cn1nc(C2CC2)n2c(cc3sc(Cl)cc32)c1=O)NC1CCC(C(=O)O)CC1. The third-order valence-electron chi connectivity index (χ3n) is 6.04. The molecule has 5 rings (SSSR count). The highest BCUT2D eigenvalue weighted by atomic mass is 35.5. The lowest BCUT2D eigenvalue weighted by molar-refractivity contribution is -0.142. The van der Waals surface area contributed by atoms with Crippen LogP contribution < -0.4 is 10.9 Å². The van der Waals surface area contributed by atoms with Crippen LogP contribution in [0.1, 0.15) is 50.3 Å². The molecule has 2 aliphatic carbocycles. The Hall–Kier alpha value is -2.39. The maximum atomic E-state index is 13.0. The zero-order valence-corrected chi connectivity index (χ0v) is 17.7. The molecule has 0 bridgehead atoms. The van der Waals surface area contributed by atoms with E-state index in [1.165, 1.54) is 16.0 Å². The summed E-state index contributed by atoms with van der Waals surface area (Å²) in [6, 6.07) is 3.62. The minimum Gasteiger partial charge on any atom is -0.481 e. The molecule has 0 radical (unpaired) electrons. The number of hydrogen-bond acceptors (Lipinski definition) is 5. The summed E-state index contributed by atoms with van der Waals surface area (Å²) in [5.41, 5.74) is 1.10. The summed E-state index contributed by atoms with van der Waals surface area (Å²) in [7, 11) is 0. The van der Waals surface area contributed by atoms with Crippen molar-refractivity contribution < 1.29 is 14.7 Å². The highest BCUT2D eigenvalue weighted by Gasteiger charge is 2.31. The molecule has 3 aromatic heterocycles. The van der Waals surface area contributed by atoms with Gasteiger partial charge in [-0.15, -0.1) is 11.3 Å². The number of carboxylic acids is 1. The van der Waals surface area contributed by atoms with E-state index in [9.17, 15) is 14.4 Å². The molecule has 2 fully saturated rings. The van der Waals surface area contributed by atoms with Gasteiger partial charge in [-0.3, -0.25) is 18.8 Å². The molecule has 0 aromatic carbocycles. The monoisotopic (exact) mass is 448 g/mol. The maximum Gasteiger partial charge on any atom is 0.306 e. The second-order valence-corrected chi connectivity index (χ2v) is 9.93. The van der Waals surface area contributed by atoms with Crippen molar-refractivity contribution in [2.24, 2.45) is 5.92 Å². The Morgan fingerprint density at radius 3 is 2.57 bits per heavy atom.